The molecule has 0 aliphatic carbocycles. The Labute approximate surface area is 171 Å². The number of carbonyl (C=O) groups excluding carboxylic acids is 2. The molecule has 0 spiro atoms. The van der Waals surface area contributed by atoms with Crippen LogP contribution in [-0.4, -0.2) is 41.3 Å². The second-order valence-corrected chi connectivity index (χ2v) is 8.36. The summed E-state index contributed by atoms with van der Waals surface area (Å²) in [5.74, 6) is 0.595. The average Bonchev–Trinajstić information content (AvgIpc) is 3.18. The van der Waals surface area contributed by atoms with E-state index in [9.17, 15) is 9.59 Å². The van der Waals surface area contributed by atoms with Gasteiger partial charge in [0.25, 0.3) is 0 Å². The first kappa shape index (κ1) is 20.5. The van der Waals surface area contributed by atoms with Crippen molar-refractivity contribution in [1.29, 1.82) is 0 Å². The number of aromatic nitrogens is 1. The number of carbonyl (C=O) groups is 2. The number of thiazole rings is 1. The number of likely N-dealkylation sites (tertiary alicyclic amines) is 1. The monoisotopic (exact) mass is 399 g/mol. The highest BCUT2D eigenvalue weighted by molar-refractivity contribution is 7.09. The number of aryl methyl sites for hydroxylation is 1. The number of nitrogens with zero attached hydrogens (tertiary/aromatic N) is 2. The van der Waals surface area contributed by atoms with Crippen LogP contribution in [-0.2, 0) is 22.4 Å². The van der Waals surface area contributed by atoms with Crippen LogP contribution in [0.25, 0.3) is 0 Å². The molecule has 1 saturated heterocycles. The standard InChI is InChI=1S/C22H29N3O2S/c1-3-20(26)23-11-10-19-15-28-22(24-19)18-5-4-12-25(14-18)21(27)13-17-8-6-16(2)7-9-17/h6-9,15,18H,3-5,10-14H2,1-2H3,(H,23,26)/t18-/m0/s1. The number of amides is 2. The zero-order valence-electron chi connectivity index (χ0n) is 16.7. The van der Waals surface area contributed by atoms with E-state index < -0.39 is 0 Å². The highest BCUT2D eigenvalue weighted by Crippen LogP contribution is 2.29. The Morgan fingerprint density at radius 2 is 2.07 bits per heavy atom. The fourth-order valence-electron chi connectivity index (χ4n) is 3.48. The van der Waals surface area contributed by atoms with Gasteiger partial charge in [-0.1, -0.05) is 36.8 Å². The lowest BCUT2D eigenvalue weighted by molar-refractivity contribution is -0.131. The van der Waals surface area contributed by atoms with Crippen LogP contribution >= 0.6 is 11.3 Å². The number of benzene rings is 1. The molecule has 1 N–H and O–H groups in total. The van der Waals surface area contributed by atoms with Crippen molar-refractivity contribution in [1.82, 2.24) is 15.2 Å². The van der Waals surface area contributed by atoms with Crippen molar-refractivity contribution < 1.29 is 9.59 Å². The Bertz CT molecular complexity index is 800. The van der Waals surface area contributed by atoms with E-state index in [-0.39, 0.29) is 11.8 Å². The Kier molecular flexibility index (Phi) is 7.20. The van der Waals surface area contributed by atoms with Crippen molar-refractivity contribution in [3.05, 3.63) is 51.5 Å². The number of piperidine rings is 1. The van der Waals surface area contributed by atoms with E-state index in [0.29, 0.717) is 25.3 Å². The summed E-state index contributed by atoms with van der Waals surface area (Å²) in [6.45, 7) is 6.13. The smallest absolute Gasteiger partial charge is 0.227 e. The molecular formula is C22H29N3O2S. The van der Waals surface area contributed by atoms with Crippen LogP contribution < -0.4 is 5.32 Å². The number of nitrogens with one attached hydrogen (secondary N) is 1. The first-order valence-corrected chi connectivity index (χ1v) is 11.0. The first-order chi connectivity index (χ1) is 13.5. The first-order valence-electron chi connectivity index (χ1n) is 10.1. The van der Waals surface area contributed by atoms with Gasteiger partial charge >= 0.3 is 0 Å². The molecule has 1 aliphatic rings. The Morgan fingerprint density at radius 1 is 1.29 bits per heavy atom. The molecule has 28 heavy (non-hydrogen) atoms. The van der Waals surface area contributed by atoms with E-state index in [4.69, 9.17) is 4.98 Å². The molecule has 0 saturated carbocycles. The van der Waals surface area contributed by atoms with Gasteiger partial charge < -0.3 is 10.2 Å². The van der Waals surface area contributed by atoms with E-state index in [1.165, 1.54) is 5.56 Å². The molecule has 1 atom stereocenters. The Morgan fingerprint density at radius 3 is 2.82 bits per heavy atom. The summed E-state index contributed by atoms with van der Waals surface area (Å²) in [5.41, 5.74) is 3.31. The van der Waals surface area contributed by atoms with Gasteiger partial charge in [-0.3, -0.25) is 9.59 Å². The summed E-state index contributed by atoms with van der Waals surface area (Å²) >= 11 is 1.68. The SMILES string of the molecule is CCC(=O)NCCc1csc([C@H]2CCCN(C(=O)Cc3ccc(C)cc3)C2)n1. The maximum Gasteiger partial charge on any atom is 0.227 e. The van der Waals surface area contributed by atoms with Gasteiger partial charge in [-0.2, -0.15) is 0 Å². The topological polar surface area (TPSA) is 62.3 Å². The van der Waals surface area contributed by atoms with E-state index in [2.05, 4.69) is 29.8 Å². The molecule has 1 fully saturated rings. The molecular weight excluding hydrogens is 370 g/mol. The molecule has 0 unspecified atom stereocenters. The van der Waals surface area contributed by atoms with E-state index in [1.54, 1.807) is 11.3 Å². The van der Waals surface area contributed by atoms with Crippen LogP contribution in [0.2, 0.25) is 0 Å². The molecule has 3 rings (SSSR count). The number of hydrogen-bond acceptors (Lipinski definition) is 4. The van der Waals surface area contributed by atoms with Gasteiger partial charge in [0.2, 0.25) is 11.8 Å². The molecule has 2 heterocycles. The maximum absolute atomic E-state index is 12.7. The van der Waals surface area contributed by atoms with Crippen molar-refractivity contribution in [3.8, 4) is 0 Å². The summed E-state index contributed by atoms with van der Waals surface area (Å²) in [7, 11) is 0. The average molecular weight is 400 g/mol. The quantitative estimate of drug-likeness (QED) is 0.775. The van der Waals surface area contributed by atoms with Crippen LogP contribution in [0, 0.1) is 6.92 Å². The van der Waals surface area contributed by atoms with Gasteiger partial charge in [0.1, 0.15) is 0 Å². The molecule has 1 aromatic heterocycles. The fraction of sp³-hybridized carbons (Fsp3) is 0.500. The highest BCUT2D eigenvalue weighted by Gasteiger charge is 2.26. The van der Waals surface area contributed by atoms with Gasteiger partial charge in [0.05, 0.1) is 17.1 Å². The minimum absolute atomic E-state index is 0.0745. The summed E-state index contributed by atoms with van der Waals surface area (Å²) in [6.07, 6.45) is 3.83. The molecule has 1 aromatic carbocycles. The minimum Gasteiger partial charge on any atom is -0.356 e. The zero-order valence-corrected chi connectivity index (χ0v) is 17.6. The van der Waals surface area contributed by atoms with Crippen molar-refractivity contribution in [2.24, 2.45) is 0 Å². The van der Waals surface area contributed by atoms with Crippen LogP contribution in [0.4, 0.5) is 0 Å². The van der Waals surface area contributed by atoms with Gasteiger partial charge in [0, 0.05) is 43.8 Å². The summed E-state index contributed by atoms with van der Waals surface area (Å²) < 4.78 is 0. The summed E-state index contributed by atoms with van der Waals surface area (Å²) in [4.78, 5) is 30.8. The number of hydrogen-bond donors (Lipinski definition) is 1. The van der Waals surface area contributed by atoms with Crippen molar-refractivity contribution in [2.45, 2.75) is 51.9 Å². The third-order valence-electron chi connectivity index (χ3n) is 5.19. The Hall–Kier alpha value is -2.21. The second-order valence-electron chi connectivity index (χ2n) is 7.47. The molecule has 1 aliphatic heterocycles. The summed E-state index contributed by atoms with van der Waals surface area (Å²) in [6, 6.07) is 8.20. The van der Waals surface area contributed by atoms with Gasteiger partial charge in [-0.25, -0.2) is 4.98 Å². The third kappa shape index (κ3) is 5.64. The molecule has 0 bridgehead atoms. The molecule has 0 radical (unpaired) electrons. The molecule has 2 aromatic rings. The lowest BCUT2D eigenvalue weighted by Crippen LogP contribution is -2.39. The van der Waals surface area contributed by atoms with Crippen LogP contribution in [0.1, 0.15) is 53.9 Å². The maximum atomic E-state index is 12.7. The lowest BCUT2D eigenvalue weighted by atomic mass is 9.98. The van der Waals surface area contributed by atoms with Crippen LogP contribution in [0.15, 0.2) is 29.6 Å². The normalized spacial score (nSPS) is 16.8. The van der Waals surface area contributed by atoms with E-state index in [0.717, 1.165) is 48.6 Å². The zero-order chi connectivity index (χ0) is 19.9. The van der Waals surface area contributed by atoms with Crippen molar-refractivity contribution in [3.63, 3.8) is 0 Å². The minimum atomic E-state index is 0.0745. The highest BCUT2D eigenvalue weighted by atomic mass is 32.1. The fourth-order valence-corrected chi connectivity index (χ4v) is 4.46. The number of rotatable bonds is 7. The van der Waals surface area contributed by atoms with E-state index in [1.807, 2.05) is 24.0 Å². The molecule has 6 heteroatoms. The van der Waals surface area contributed by atoms with Gasteiger partial charge in [-0.15, -0.1) is 11.3 Å². The van der Waals surface area contributed by atoms with Crippen molar-refractivity contribution >= 4 is 23.2 Å². The third-order valence-corrected chi connectivity index (χ3v) is 6.25. The predicted molar refractivity (Wildman–Crippen MR) is 113 cm³/mol. The van der Waals surface area contributed by atoms with Gasteiger partial charge in [0.15, 0.2) is 0 Å². The Balaban J connectivity index is 1.53. The second kappa shape index (κ2) is 9.82. The molecule has 5 nitrogen and oxygen atoms in total. The van der Waals surface area contributed by atoms with Crippen LogP contribution in [0.3, 0.4) is 0 Å². The molecule has 2 amide bonds. The van der Waals surface area contributed by atoms with Crippen molar-refractivity contribution in [2.75, 3.05) is 19.6 Å². The lowest BCUT2D eigenvalue weighted by Gasteiger charge is -2.32. The van der Waals surface area contributed by atoms with E-state index >= 15 is 0 Å². The predicted octanol–water partition coefficient (Wildman–Crippen LogP) is 3.47. The van der Waals surface area contributed by atoms with Gasteiger partial charge in [-0.05, 0) is 25.3 Å². The van der Waals surface area contributed by atoms with Crippen LogP contribution in [0.5, 0.6) is 0 Å². The molecule has 150 valence electrons. The summed E-state index contributed by atoms with van der Waals surface area (Å²) in [5, 5.41) is 6.09. The largest absolute Gasteiger partial charge is 0.356 e.